The number of ketones is 1. The lowest BCUT2D eigenvalue weighted by Gasteiger charge is -2.15. The molecule has 0 aliphatic carbocycles. The smallest absolute Gasteiger partial charge is 0.180 e. The second kappa shape index (κ2) is 6.02. The van der Waals surface area contributed by atoms with Gasteiger partial charge in [0.05, 0.1) is 0 Å². The van der Waals surface area contributed by atoms with E-state index in [1.807, 2.05) is 36.4 Å². The van der Waals surface area contributed by atoms with Gasteiger partial charge in [0.15, 0.2) is 5.78 Å². The van der Waals surface area contributed by atoms with Crippen LogP contribution in [0, 0.1) is 16.7 Å². The number of benzene rings is 1. The summed E-state index contributed by atoms with van der Waals surface area (Å²) in [5, 5.41) is 12.0. The molecule has 3 nitrogen and oxygen atoms in total. The maximum atomic E-state index is 11.9. The standard InChI is InChI=1S/C15H18N2O/c1-15(2,3)14(18)13(9-16)11-17-10-12-7-5-4-6-8-12/h4-8,11,17H,10H2,1-3H3/b13-11+. The Labute approximate surface area is 108 Å². The van der Waals surface area contributed by atoms with E-state index in [0.717, 1.165) is 5.56 Å². The second-order valence-electron chi connectivity index (χ2n) is 5.12. The Bertz CT molecular complexity index is 475. The van der Waals surface area contributed by atoms with Gasteiger partial charge in [-0.25, -0.2) is 0 Å². The third-order valence-electron chi connectivity index (χ3n) is 2.44. The lowest BCUT2D eigenvalue weighted by Crippen LogP contribution is -2.22. The van der Waals surface area contributed by atoms with Crippen molar-refractivity contribution in [2.24, 2.45) is 5.41 Å². The highest BCUT2D eigenvalue weighted by molar-refractivity contribution is 6.02. The first-order chi connectivity index (χ1) is 8.45. The van der Waals surface area contributed by atoms with Crippen molar-refractivity contribution < 1.29 is 4.79 Å². The highest BCUT2D eigenvalue weighted by atomic mass is 16.1. The second-order valence-corrected chi connectivity index (χ2v) is 5.12. The summed E-state index contributed by atoms with van der Waals surface area (Å²) in [5.74, 6) is -0.148. The van der Waals surface area contributed by atoms with Crippen LogP contribution in [0.15, 0.2) is 42.1 Å². The lowest BCUT2D eigenvalue weighted by atomic mass is 9.87. The topological polar surface area (TPSA) is 52.9 Å². The number of nitriles is 1. The zero-order valence-electron chi connectivity index (χ0n) is 11.0. The quantitative estimate of drug-likeness (QED) is 0.652. The van der Waals surface area contributed by atoms with Gasteiger partial charge in [-0.3, -0.25) is 4.79 Å². The van der Waals surface area contributed by atoms with Crippen molar-refractivity contribution in [2.75, 3.05) is 0 Å². The van der Waals surface area contributed by atoms with Gasteiger partial charge in [0, 0.05) is 18.2 Å². The zero-order valence-corrected chi connectivity index (χ0v) is 11.0. The molecule has 0 saturated heterocycles. The van der Waals surface area contributed by atoms with Crippen LogP contribution < -0.4 is 5.32 Å². The molecule has 0 bridgehead atoms. The van der Waals surface area contributed by atoms with E-state index in [9.17, 15) is 4.79 Å². The molecular weight excluding hydrogens is 224 g/mol. The average Bonchev–Trinajstić information content (AvgIpc) is 2.34. The summed E-state index contributed by atoms with van der Waals surface area (Å²) in [6, 6.07) is 11.8. The number of rotatable bonds is 4. The van der Waals surface area contributed by atoms with Crippen molar-refractivity contribution in [2.45, 2.75) is 27.3 Å². The predicted octanol–water partition coefficient (Wildman–Crippen LogP) is 2.80. The molecule has 0 aliphatic rings. The Balaban J connectivity index is 2.66. The summed E-state index contributed by atoms with van der Waals surface area (Å²) in [6.07, 6.45) is 1.50. The highest BCUT2D eigenvalue weighted by Crippen LogP contribution is 2.19. The largest absolute Gasteiger partial charge is 0.386 e. The van der Waals surface area contributed by atoms with Crippen LogP contribution in [0.25, 0.3) is 0 Å². The summed E-state index contributed by atoms with van der Waals surface area (Å²) in [4.78, 5) is 11.9. The first-order valence-electron chi connectivity index (χ1n) is 5.87. The molecule has 18 heavy (non-hydrogen) atoms. The third kappa shape index (κ3) is 4.06. The minimum Gasteiger partial charge on any atom is -0.386 e. The molecular formula is C15H18N2O. The Morgan fingerprint density at radius 3 is 2.44 bits per heavy atom. The fourth-order valence-electron chi connectivity index (χ4n) is 1.42. The number of nitrogens with zero attached hydrogens (tertiary/aromatic N) is 1. The summed E-state index contributed by atoms with van der Waals surface area (Å²) >= 11 is 0. The Morgan fingerprint density at radius 1 is 1.33 bits per heavy atom. The molecule has 0 aliphatic heterocycles. The van der Waals surface area contributed by atoms with Gasteiger partial charge in [0.1, 0.15) is 11.6 Å². The van der Waals surface area contributed by atoms with Crippen LogP contribution in [0.4, 0.5) is 0 Å². The van der Waals surface area contributed by atoms with Gasteiger partial charge in [-0.15, -0.1) is 0 Å². The summed E-state index contributed by atoms with van der Waals surface area (Å²) < 4.78 is 0. The molecule has 3 heteroatoms. The SMILES string of the molecule is CC(C)(C)C(=O)/C(C#N)=C/NCc1ccccc1. The Morgan fingerprint density at radius 2 is 1.94 bits per heavy atom. The maximum Gasteiger partial charge on any atom is 0.180 e. The third-order valence-corrected chi connectivity index (χ3v) is 2.44. The van der Waals surface area contributed by atoms with Crippen molar-refractivity contribution in [3.05, 3.63) is 47.7 Å². The number of Topliss-reactive ketones (excluding diaryl/α,β-unsaturated/α-hetero) is 1. The van der Waals surface area contributed by atoms with Crippen LogP contribution in [0.3, 0.4) is 0 Å². The lowest BCUT2D eigenvalue weighted by molar-refractivity contribution is -0.122. The fourth-order valence-corrected chi connectivity index (χ4v) is 1.42. The van der Waals surface area contributed by atoms with Gasteiger partial charge in [-0.1, -0.05) is 51.1 Å². The Hall–Kier alpha value is -2.08. The summed E-state index contributed by atoms with van der Waals surface area (Å²) in [7, 11) is 0. The monoisotopic (exact) mass is 242 g/mol. The van der Waals surface area contributed by atoms with Crippen LogP contribution in [0.5, 0.6) is 0 Å². The first-order valence-corrected chi connectivity index (χ1v) is 5.87. The van der Waals surface area contributed by atoms with Crippen molar-refractivity contribution >= 4 is 5.78 Å². The van der Waals surface area contributed by atoms with Crippen LogP contribution in [0.1, 0.15) is 26.3 Å². The molecule has 1 aromatic rings. The van der Waals surface area contributed by atoms with E-state index in [1.165, 1.54) is 6.20 Å². The van der Waals surface area contributed by atoms with Crippen LogP contribution in [-0.2, 0) is 11.3 Å². The molecule has 94 valence electrons. The van der Waals surface area contributed by atoms with E-state index < -0.39 is 5.41 Å². The molecule has 0 radical (unpaired) electrons. The summed E-state index contributed by atoms with van der Waals surface area (Å²) in [5.41, 5.74) is 0.739. The van der Waals surface area contributed by atoms with E-state index in [1.54, 1.807) is 20.8 Å². The number of allylic oxidation sites excluding steroid dienone is 1. The van der Waals surface area contributed by atoms with Gasteiger partial charge >= 0.3 is 0 Å². The van der Waals surface area contributed by atoms with Crippen molar-refractivity contribution in [1.82, 2.24) is 5.32 Å². The van der Waals surface area contributed by atoms with E-state index >= 15 is 0 Å². The number of carbonyl (C=O) groups is 1. The molecule has 1 aromatic carbocycles. The molecule has 1 rings (SSSR count). The molecule has 0 spiro atoms. The highest BCUT2D eigenvalue weighted by Gasteiger charge is 2.24. The molecule has 0 unspecified atom stereocenters. The Kier molecular flexibility index (Phi) is 4.67. The van der Waals surface area contributed by atoms with E-state index in [2.05, 4.69) is 5.32 Å². The molecule has 0 atom stereocenters. The minimum absolute atomic E-state index is 0.148. The van der Waals surface area contributed by atoms with Crippen molar-refractivity contribution in [3.63, 3.8) is 0 Å². The zero-order chi connectivity index (χ0) is 13.6. The number of hydrogen-bond acceptors (Lipinski definition) is 3. The van der Waals surface area contributed by atoms with E-state index in [-0.39, 0.29) is 11.4 Å². The molecule has 0 saturated carbocycles. The van der Waals surface area contributed by atoms with Gasteiger partial charge < -0.3 is 5.32 Å². The van der Waals surface area contributed by atoms with E-state index in [4.69, 9.17) is 5.26 Å². The first kappa shape index (κ1) is 14.0. The molecule has 1 N–H and O–H groups in total. The van der Waals surface area contributed by atoms with Gasteiger partial charge in [-0.05, 0) is 5.56 Å². The van der Waals surface area contributed by atoms with Crippen molar-refractivity contribution in [3.8, 4) is 6.07 Å². The molecule has 0 fully saturated rings. The minimum atomic E-state index is -0.532. The number of carbonyl (C=O) groups excluding carboxylic acids is 1. The number of hydrogen-bond donors (Lipinski definition) is 1. The van der Waals surface area contributed by atoms with Crippen LogP contribution in [-0.4, -0.2) is 5.78 Å². The van der Waals surface area contributed by atoms with Gasteiger partial charge in [-0.2, -0.15) is 5.26 Å². The summed E-state index contributed by atoms with van der Waals surface area (Å²) in [6.45, 7) is 6.01. The molecule has 0 heterocycles. The van der Waals surface area contributed by atoms with Gasteiger partial charge in [0.25, 0.3) is 0 Å². The predicted molar refractivity (Wildman–Crippen MR) is 71.4 cm³/mol. The maximum absolute atomic E-state index is 11.9. The molecule has 0 aromatic heterocycles. The van der Waals surface area contributed by atoms with Crippen molar-refractivity contribution in [1.29, 1.82) is 5.26 Å². The molecule has 0 amide bonds. The van der Waals surface area contributed by atoms with E-state index in [0.29, 0.717) is 6.54 Å². The fraction of sp³-hybridized carbons (Fsp3) is 0.333. The van der Waals surface area contributed by atoms with Crippen LogP contribution >= 0.6 is 0 Å². The van der Waals surface area contributed by atoms with Crippen LogP contribution in [0.2, 0.25) is 0 Å². The average molecular weight is 242 g/mol. The van der Waals surface area contributed by atoms with Gasteiger partial charge in [0.2, 0.25) is 0 Å². The normalized spacial score (nSPS) is 11.8. The number of nitrogens with one attached hydrogen (secondary N) is 1.